The molecule has 11 heteroatoms. The maximum atomic E-state index is 12.9. The summed E-state index contributed by atoms with van der Waals surface area (Å²) in [5, 5.41) is 0. The van der Waals surface area contributed by atoms with E-state index >= 15 is 0 Å². The highest BCUT2D eigenvalue weighted by atomic mass is 32.2. The Morgan fingerprint density at radius 3 is 2.28 bits per heavy atom. The van der Waals surface area contributed by atoms with Gasteiger partial charge >= 0.3 is 12.3 Å². The van der Waals surface area contributed by atoms with Gasteiger partial charge in [-0.25, -0.2) is 13.2 Å². The van der Waals surface area contributed by atoms with E-state index in [4.69, 9.17) is 9.47 Å². The van der Waals surface area contributed by atoms with Crippen LogP contribution in [0.3, 0.4) is 0 Å². The first-order valence-electron chi connectivity index (χ1n) is 9.72. The average molecular weight is 473 g/mol. The normalized spacial score (nSPS) is 15.9. The molecule has 3 rings (SSSR count). The third kappa shape index (κ3) is 6.36. The highest BCUT2D eigenvalue weighted by molar-refractivity contribution is 7.85. The lowest BCUT2D eigenvalue weighted by atomic mass is 9.92. The minimum absolute atomic E-state index is 0.181. The van der Waals surface area contributed by atoms with E-state index in [1.807, 2.05) is 18.2 Å². The Hall–Kier alpha value is -2.79. The third-order valence-electron chi connectivity index (χ3n) is 4.99. The number of hydrogen-bond donors (Lipinski definition) is 0. The van der Waals surface area contributed by atoms with Crippen LogP contribution in [0.2, 0.25) is 0 Å². The van der Waals surface area contributed by atoms with E-state index in [0.717, 1.165) is 36.6 Å². The maximum Gasteiger partial charge on any atom is 0.573 e. The van der Waals surface area contributed by atoms with E-state index in [1.54, 1.807) is 12.1 Å². The fourth-order valence-corrected chi connectivity index (χ4v) is 3.88. The molecule has 0 heterocycles. The second-order valence-electron chi connectivity index (χ2n) is 7.28. The highest BCUT2D eigenvalue weighted by Gasteiger charge is 2.40. The first kappa shape index (κ1) is 23.9. The largest absolute Gasteiger partial charge is 0.748 e. The molecule has 0 bridgehead atoms. The zero-order valence-electron chi connectivity index (χ0n) is 16.8. The van der Waals surface area contributed by atoms with E-state index in [9.17, 15) is 30.9 Å². The van der Waals surface area contributed by atoms with Gasteiger partial charge in [-0.3, -0.25) is 0 Å². The number of rotatable bonds is 8. The van der Waals surface area contributed by atoms with Gasteiger partial charge in [0.2, 0.25) is 0 Å². The zero-order valence-corrected chi connectivity index (χ0v) is 17.6. The van der Waals surface area contributed by atoms with Crippen LogP contribution in [0, 0.1) is 0 Å². The van der Waals surface area contributed by atoms with Crippen LogP contribution in [0.25, 0.3) is 0 Å². The predicted molar refractivity (Wildman–Crippen MR) is 105 cm³/mol. The van der Waals surface area contributed by atoms with Crippen molar-refractivity contribution in [3.8, 4) is 11.5 Å². The number of carbonyl (C=O) groups excluding carboxylic acids is 1. The van der Waals surface area contributed by atoms with Crippen LogP contribution in [0.5, 0.6) is 11.5 Å². The Kier molecular flexibility index (Phi) is 6.99. The molecule has 1 saturated carbocycles. The zero-order chi connectivity index (χ0) is 23.4. The summed E-state index contributed by atoms with van der Waals surface area (Å²) in [5.74, 6) is -2.87. The van der Waals surface area contributed by atoms with Crippen LogP contribution < -0.4 is 9.47 Å². The first-order valence-corrected chi connectivity index (χ1v) is 11.3. The quantitative estimate of drug-likeness (QED) is 0.420. The molecule has 1 aliphatic carbocycles. The molecule has 0 N–H and O–H groups in total. The van der Waals surface area contributed by atoms with Gasteiger partial charge in [-0.15, -0.1) is 13.2 Å². The molecule has 0 amide bonds. The van der Waals surface area contributed by atoms with Crippen molar-refractivity contribution < 1.29 is 45.1 Å². The highest BCUT2D eigenvalue weighted by Crippen LogP contribution is 2.45. The molecule has 1 aliphatic rings. The second kappa shape index (κ2) is 9.37. The third-order valence-corrected chi connectivity index (χ3v) is 5.65. The summed E-state index contributed by atoms with van der Waals surface area (Å²) in [6.07, 6.45) is -2.28. The lowest BCUT2D eigenvalue weighted by Gasteiger charge is -2.32. The van der Waals surface area contributed by atoms with E-state index in [-0.39, 0.29) is 11.3 Å². The van der Waals surface area contributed by atoms with E-state index in [0.29, 0.717) is 12.8 Å². The van der Waals surface area contributed by atoms with Crippen LogP contribution in [-0.4, -0.2) is 37.7 Å². The molecule has 174 valence electrons. The summed E-state index contributed by atoms with van der Waals surface area (Å²) in [7, 11) is -4.59. The molecule has 0 aliphatic heterocycles. The van der Waals surface area contributed by atoms with Crippen LogP contribution in [0.15, 0.2) is 48.5 Å². The molecular weight excluding hydrogens is 453 g/mol. The summed E-state index contributed by atoms with van der Waals surface area (Å²) >= 11 is 0. The van der Waals surface area contributed by atoms with Gasteiger partial charge < -0.3 is 18.8 Å². The topological polar surface area (TPSA) is 102 Å². The summed E-state index contributed by atoms with van der Waals surface area (Å²) in [4.78, 5) is 12.2. The van der Waals surface area contributed by atoms with Gasteiger partial charge in [-0.05, 0) is 49.4 Å². The fourth-order valence-electron chi connectivity index (χ4n) is 3.59. The van der Waals surface area contributed by atoms with Crippen LogP contribution in [0.4, 0.5) is 13.2 Å². The van der Waals surface area contributed by atoms with E-state index in [2.05, 4.69) is 4.74 Å². The van der Waals surface area contributed by atoms with Crippen molar-refractivity contribution in [2.24, 2.45) is 0 Å². The van der Waals surface area contributed by atoms with Gasteiger partial charge in [-0.2, -0.15) is 0 Å². The fraction of sp³-hybridized carbons (Fsp3) is 0.381. The van der Waals surface area contributed by atoms with Crippen molar-refractivity contribution in [3.63, 3.8) is 0 Å². The van der Waals surface area contributed by atoms with Crippen molar-refractivity contribution in [3.05, 3.63) is 59.7 Å². The predicted octanol–water partition coefficient (Wildman–Crippen LogP) is 4.14. The lowest BCUT2D eigenvalue weighted by Crippen LogP contribution is -2.30. The van der Waals surface area contributed by atoms with Gasteiger partial charge in [0.15, 0.2) is 11.5 Å². The molecule has 32 heavy (non-hydrogen) atoms. The number of hydrogen-bond acceptors (Lipinski definition) is 7. The molecule has 1 fully saturated rings. The maximum absolute atomic E-state index is 12.9. The molecule has 7 nitrogen and oxygen atoms in total. The Bertz CT molecular complexity index is 1050. The number of ether oxygens (including phenoxy) is 3. The standard InChI is InChI=1S/C21H21F3O7S/c22-21(23,24)31-17-9-8-15(19(25)29-12-13-32(26,27)28)14-18(17)30-20(10-4-5-11-20)16-6-2-1-3-7-16/h1-3,6-9,14H,4-5,10-13H2,(H,26,27,28)/p-1. The number of alkyl halides is 3. The van der Waals surface area contributed by atoms with Crippen LogP contribution >= 0.6 is 0 Å². The Labute approximate surface area is 182 Å². The summed E-state index contributed by atoms with van der Waals surface area (Å²) in [6, 6.07) is 12.0. The number of carbonyl (C=O) groups is 1. The first-order chi connectivity index (χ1) is 15.0. The molecule has 0 aromatic heterocycles. The molecule has 2 aromatic rings. The SMILES string of the molecule is O=C(OCCS(=O)(=O)[O-])c1ccc(OC(F)(F)F)c(OC2(c3ccccc3)CCCC2)c1. The van der Waals surface area contributed by atoms with Gasteiger partial charge in [0.05, 0.1) is 21.4 Å². The van der Waals surface area contributed by atoms with Gasteiger partial charge in [0.25, 0.3) is 0 Å². The molecular formula is C21H20F3O7S-. The minimum Gasteiger partial charge on any atom is -0.748 e. The average Bonchev–Trinajstić information content (AvgIpc) is 3.17. The van der Waals surface area contributed by atoms with Gasteiger partial charge in [0, 0.05) is 0 Å². The molecule has 0 spiro atoms. The van der Waals surface area contributed by atoms with Crippen molar-refractivity contribution in [1.29, 1.82) is 0 Å². The number of esters is 1. The van der Waals surface area contributed by atoms with Crippen molar-refractivity contribution in [1.82, 2.24) is 0 Å². The second-order valence-corrected chi connectivity index (χ2v) is 8.80. The van der Waals surface area contributed by atoms with E-state index < -0.39 is 46.2 Å². The Balaban J connectivity index is 1.92. The van der Waals surface area contributed by atoms with Crippen molar-refractivity contribution >= 4 is 16.1 Å². The summed E-state index contributed by atoms with van der Waals surface area (Å²) in [5.41, 5.74) is -0.299. The van der Waals surface area contributed by atoms with Crippen molar-refractivity contribution in [2.75, 3.05) is 12.4 Å². The Morgan fingerprint density at radius 2 is 1.69 bits per heavy atom. The summed E-state index contributed by atoms with van der Waals surface area (Å²) in [6.45, 7) is -0.685. The number of benzene rings is 2. The molecule has 0 radical (unpaired) electrons. The minimum atomic E-state index is -4.99. The smallest absolute Gasteiger partial charge is 0.573 e. The molecule has 2 aromatic carbocycles. The molecule has 0 atom stereocenters. The summed E-state index contributed by atoms with van der Waals surface area (Å²) < 4.78 is 85.7. The van der Waals surface area contributed by atoms with E-state index in [1.165, 1.54) is 0 Å². The van der Waals surface area contributed by atoms with Gasteiger partial charge in [-0.1, -0.05) is 30.3 Å². The van der Waals surface area contributed by atoms with Crippen LogP contribution in [-0.2, 0) is 20.5 Å². The lowest BCUT2D eigenvalue weighted by molar-refractivity contribution is -0.275. The van der Waals surface area contributed by atoms with Crippen LogP contribution in [0.1, 0.15) is 41.6 Å². The van der Waals surface area contributed by atoms with Gasteiger partial charge in [0.1, 0.15) is 12.2 Å². The molecule has 0 unspecified atom stereocenters. The molecule has 0 saturated heterocycles. The van der Waals surface area contributed by atoms with Crippen molar-refractivity contribution in [2.45, 2.75) is 37.6 Å². The Morgan fingerprint density at radius 1 is 1.03 bits per heavy atom. The monoisotopic (exact) mass is 473 g/mol. The number of halogens is 3.